The van der Waals surface area contributed by atoms with Crippen molar-refractivity contribution in [2.24, 2.45) is 0 Å². The molecular formula is C13H20N6OS. The number of nitrogens with one attached hydrogen (secondary N) is 2. The molecule has 2 aromatic heterocycles. The van der Waals surface area contributed by atoms with Gasteiger partial charge in [0.25, 0.3) is 0 Å². The fourth-order valence-corrected chi connectivity index (χ4v) is 2.57. The summed E-state index contributed by atoms with van der Waals surface area (Å²) in [6.07, 6.45) is 3.57. The van der Waals surface area contributed by atoms with Gasteiger partial charge in [0.1, 0.15) is 0 Å². The van der Waals surface area contributed by atoms with Crippen LogP contribution >= 0.6 is 11.8 Å². The molecule has 0 fully saturated rings. The van der Waals surface area contributed by atoms with Crippen LogP contribution < -0.4 is 11.0 Å². The highest BCUT2D eigenvalue weighted by Gasteiger charge is 2.13. The van der Waals surface area contributed by atoms with Crippen molar-refractivity contribution in [1.29, 1.82) is 0 Å². The van der Waals surface area contributed by atoms with Crippen molar-refractivity contribution in [2.75, 3.05) is 0 Å². The number of aromatic nitrogens is 5. The fraction of sp³-hybridized carbons (Fsp3) is 0.538. The molecule has 114 valence electrons. The molecule has 0 spiro atoms. The summed E-state index contributed by atoms with van der Waals surface area (Å²) in [7, 11) is 0. The van der Waals surface area contributed by atoms with Crippen molar-refractivity contribution in [3.8, 4) is 0 Å². The highest BCUT2D eigenvalue weighted by atomic mass is 32.2. The maximum atomic E-state index is 11.7. The van der Waals surface area contributed by atoms with Crippen LogP contribution in [0.2, 0.25) is 0 Å². The largest absolute Gasteiger partial charge is 0.344 e. The van der Waals surface area contributed by atoms with Gasteiger partial charge in [-0.25, -0.2) is 19.9 Å². The second-order valence-corrected chi connectivity index (χ2v) is 6.22. The fourth-order valence-electron chi connectivity index (χ4n) is 1.71. The minimum absolute atomic E-state index is 0.0354. The first-order chi connectivity index (χ1) is 9.97. The van der Waals surface area contributed by atoms with Crippen molar-refractivity contribution in [3.05, 3.63) is 28.4 Å². The van der Waals surface area contributed by atoms with E-state index >= 15 is 0 Å². The molecule has 0 aliphatic heterocycles. The lowest BCUT2D eigenvalue weighted by Crippen LogP contribution is -2.22. The molecule has 0 aliphatic rings. The molecule has 0 aromatic carbocycles. The van der Waals surface area contributed by atoms with Gasteiger partial charge in [-0.15, -0.1) is 5.10 Å². The van der Waals surface area contributed by atoms with E-state index in [0.29, 0.717) is 16.4 Å². The second kappa shape index (κ2) is 6.86. The van der Waals surface area contributed by atoms with Gasteiger partial charge in [0.05, 0.1) is 0 Å². The summed E-state index contributed by atoms with van der Waals surface area (Å²) in [5, 5.41) is 10.9. The molecule has 0 aliphatic carbocycles. The molecule has 21 heavy (non-hydrogen) atoms. The Morgan fingerprint density at radius 3 is 2.52 bits per heavy atom. The van der Waals surface area contributed by atoms with Gasteiger partial charge in [-0.2, -0.15) is 0 Å². The van der Waals surface area contributed by atoms with Crippen LogP contribution in [0.25, 0.3) is 0 Å². The SMILES string of the molecule is CC(C)NCc1cnc(Sc2n[nH]c(=O)n2C(C)C)nc1. The highest BCUT2D eigenvalue weighted by Crippen LogP contribution is 2.22. The third kappa shape index (κ3) is 4.15. The number of nitrogens with zero attached hydrogens (tertiary/aromatic N) is 4. The van der Waals surface area contributed by atoms with Crippen molar-refractivity contribution >= 4 is 11.8 Å². The summed E-state index contributed by atoms with van der Waals surface area (Å²) in [5.41, 5.74) is 0.807. The van der Waals surface area contributed by atoms with Crippen LogP contribution in [0.3, 0.4) is 0 Å². The third-order valence-corrected chi connectivity index (χ3v) is 3.63. The average molecular weight is 308 g/mol. The normalized spacial score (nSPS) is 11.5. The Hall–Kier alpha value is -1.67. The molecule has 0 unspecified atom stereocenters. The lowest BCUT2D eigenvalue weighted by molar-refractivity contribution is 0.533. The molecule has 2 rings (SSSR count). The van der Waals surface area contributed by atoms with Gasteiger partial charge in [0.15, 0.2) is 10.3 Å². The molecule has 7 nitrogen and oxygen atoms in total. The first-order valence-corrected chi connectivity index (χ1v) is 7.68. The zero-order chi connectivity index (χ0) is 15.4. The lowest BCUT2D eigenvalue weighted by atomic mass is 10.3. The number of aromatic amines is 1. The van der Waals surface area contributed by atoms with E-state index in [4.69, 9.17) is 0 Å². The van der Waals surface area contributed by atoms with Crippen LogP contribution in [0.4, 0.5) is 0 Å². The van der Waals surface area contributed by atoms with Crippen molar-refractivity contribution in [1.82, 2.24) is 30.0 Å². The maximum Gasteiger partial charge on any atom is 0.344 e. The van der Waals surface area contributed by atoms with Gasteiger partial charge in [-0.05, 0) is 25.6 Å². The first kappa shape index (κ1) is 15.7. The zero-order valence-corrected chi connectivity index (χ0v) is 13.4. The van der Waals surface area contributed by atoms with Crippen LogP contribution in [-0.4, -0.2) is 30.8 Å². The molecule has 0 atom stereocenters. The standard InChI is InChI=1S/C13H20N6OS/c1-8(2)14-5-10-6-15-11(16-7-10)21-13-18-17-12(20)19(13)9(3)4/h6-9,14H,5H2,1-4H3,(H,17,20). The van der Waals surface area contributed by atoms with E-state index < -0.39 is 0 Å². The van der Waals surface area contributed by atoms with E-state index in [1.165, 1.54) is 11.8 Å². The Kier molecular flexibility index (Phi) is 5.13. The Morgan fingerprint density at radius 1 is 1.29 bits per heavy atom. The zero-order valence-electron chi connectivity index (χ0n) is 12.6. The minimum atomic E-state index is -0.217. The van der Waals surface area contributed by atoms with Gasteiger partial charge in [0.2, 0.25) is 0 Å². The Bertz CT molecular complexity index is 631. The molecule has 2 N–H and O–H groups in total. The Morgan fingerprint density at radius 2 is 1.95 bits per heavy atom. The molecule has 0 bridgehead atoms. The topological polar surface area (TPSA) is 88.5 Å². The van der Waals surface area contributed by atoms with Crippen LogP contribution in [0.1, 0.15) is 39.3 Å². The summed E-state index contributed by atoms with van der Waals surface area (Å²) >= 11 is 1.27. The molecule has 2 aromatic rings. The maximum absolute atomic E-state index is 11.7. The molecule has 0 saturated heterocycles. The summed E-state index contributed by atoms with van der Waals surface area (Å²) in [4.78, 5) is 20.3. The van der Waals surface area contributed by atoms with Gasteiger partial charge < -0.3 is 5.32 Å². The van der Waals surface area contributed by atoms with Crippen molar-refractivity contribution < 1.29 is 0 Å². The number of rotatable bonds is 6. The first-order valence-electron chi connectivity index (χ1n) is 6.86. The van der Waals surface area contributed by atoms with Gasteiger partial charge in [-0.1, -0.05) is 13.8 Å². The van der Waals surface area contributed by atoms with E-state index in [1.807, 2.05) is 13.8 Å². The van der Waals surface area contributed by atoms with E-state index in [2.05, 4.69) is 39.3 Å². The molecule has 8 heteroatoms. The van der Waals surface area contributed by atoms with Crippen LogP contribution in [-0.2, 0) is 6.54 Å². The monoisotopic (exact) mass is 308 g/mol. The predicted molar refractivity (Wildman–Crippen MR) is 81.4 cm³/mol. The van der Waals surface area contributed by atoms with Crippen LogP contribution in [0.5, 0.6) is 0 Å². The van der Waals surface area contributed by atoms with E-state index in [1.54, 1.807) is 17.0 Å². The summed E-state index contributed by atoms with van der Waals surface area (Å²) in [6, 6.07) is 0.455. The summed E-state index contributed by atoms with van der Waals surface area (Å²) < 4.78 is 1.59. The predicted octanol–water partition coefficient (Wildman–Crippen LogP) is 1.59. The average Bonchev–Trinajstić information content (AvgIpc) is 2.79. The molecule has 2 heterocycles. The van der Waals surface area contributed by atoms with Gasteiger partial charge in [-0.3, -0.25) is 4.57 Å². The van der Waals surface area contributed by atoms with Crippen molar-refractivity contribution in [3.63, 3.8) is 0 Å². The van der Waals surface area contributed by atoms with Crippen LogP contribution in [0.15, 0.2) is 27.5 Å². The second-order valence-electron chi connectivity index (χ2n) is 5.29. The van der Waals surface area contributed by atoms with E-state index in [-0.39, 0.29) is 11.7 Å². The third-order valence-electron chi connectivity index (χ3n) is 2.77. The van der Waals surface area contributed by atoms with E-state index in [0.717, 1.165) is 12.1 Å². The van der Waals surface area contributed by atoms with Crippen LogP contribution in [0, 0.1) is 0 Å². The quantitative estimate of drug-likeness (QED) is 0.788. The Labute approximate surface area is 127 Å². The summed E-state index contributed by atoms with van der Waals surface area (Å²) in [5.74, 6) is 0. The lowest BCUT2D eigenvalue weighted by Gasteiger charge is -2.09. The van der Waals surface area contributed by atoms with Gasteiger partial charge in [0, 0.05) is 36.6 Å². The number of hydrogen-bond donors (Lipinski definition) is 2. The highest BCUT2D eigenvalue weighted by molar-refractivity contribution is 7.99. The molecule has 0 saturated carbocycles. The summed E-state index contributed by atoms with van der Waals surface area (Å²) in [6.45, 7) is 8.79. The number of H-pyrrole nitrogens is 1. The van der Waals surface area contributed by atoms with Gasteiger partial charge >= 0.3 is 5.69 Å². The smallest absolute Gasteiger partial charge is 0.310 e. The number of hydrogen-bond acceptors (Lipinski definition) is 6. The Balaban J connectivity index is 2.09. The molecule has 0 amide bonds. The van der Waals surface area contributed by atoms with E-state index in [9.17, 15) is 4.79 Å². The molecule has 0 radical (unpaired) electrons. The molecular weight excluding hydrogens is 288 g/mol. The minimum Gasteiger partial charge on any atom is -0.310 e. The van der Waals surface area contributed by atoms with Crippen molar-refractivity contribution in [2.45, 2.75) is 56.6 Å².